The van der Waals surface area contributed by atoms with Crippen molar-refractivity contribution in [3.8, 4) is 11.5 Å². The third-order valence-corrected chi connectivity index (χ3v) is 4.38. The quantitative estimate of drug-likeness (QED) is 0.875. The van der Waals surface area contributed by atoms with Crippen LogP contribution in [0.25, 0.3) is 0 Å². The van der Waals surface area contributed by atoms with E-state index in [-0.39, 0.29) is 11.3 Å². The van der Waals surface area contributed by atoms with Gasteiger partial charge in [-0.1, -0.05) is 6.92 Å². The fourth-order valence-corrected chi connectivity index (χ4v) is 2.88. The van der Waals surface area contributed by atoms with Crippen LogP contribution in [0.15, 0.2) is 12.1 Å². The molecule has 1 atom stereocenters. The van der Waals surface area contributed by atoms with Crippen molar-refractivity contribution in [2.75, 3.05) is 33.9 Å². The van der Waals surface area contributed by atoms with Gasteiger partial charge in [0.2, 0.25) is 0 Å². The molecule has 0 bridgehead atoms. The largest absolute Gasteiger partial charge is 0.496 e. The Bertz CT molecular complexity index is 512. The highest BCUT2D eigenvalue weighted by atomic mass is 16.5. The molecule has 0 aromatic heterocycles. The van der Waals surface area contributed by atoms with Crippen LogP contribution in [-0.2, 0) is 0 Å². The van der Waals surface area contributed by atoms with Crippen molar-refractivity contribution in [3.05, 3.63) is 23.3 Å². The van der Waals surface area contributed by atoms with Gasteiger partial charge in [0.1, 0.15) is 11.5 Å². The van der Waals surface area contributed by atoms with Gasteiger partial charge in [-0.3, -0.25) is 4.79 Å². The molecule has 1 saturated heterocycles. The Morgan fingerprint density at radius 1 is 1.32 bits per heavy atom. The maximum absolute atomic E-state index is 12.4. The second-order valence-electron chi connectivity index (χ2n) is 6.28. The average Bonchev–Trinajstić information content (AvgIpc) is 2.53. The van der Waals surface area contributed by atoms with E-state index < -0.39 is 0 Å². The van der Waals surface area contributed by atoms with Gasteiger partial charge in [-0.2, -0.15) is 0 Å². The van der Waals surface area contributed by atoms with Gasteiger partial charge in [-0.05, 0) is 43.9 Å². The number of hydrogen-bond acceptors (Lipinski definition) is 4. The van der Waals surface area contributed by atoms with Crippen LogP contribution >= 0.6 is 0 Å². The van der Waals surface area contributed by atoms with Crippen molar-refractivity contribution in [2.24, 2.45) is 5.41 Å². The minimum atomic E-state index is -0.0941. The molecule has 22 heavy (non-hydrogen) atoms. The van der Waals surface area contributed by atoms with Gasteiger partial charge in [-0.15, -0.1) is 0 Å². The van der Waals surface area contributed by atoms with Crippen LogP contribution < -0.4 is 20.1 Å². The first-order valence-electron chi connectivity index (χ1n) is 7.70. The fourth-order valence-electron chi connectivity index (χ4n) is 2.88. The summed E-state index contributed by atoms with van der Waals surface area (Å²) >= 11 is 0. The molecule has 2 rings (SSSR count). The molecule has 1 unspecified atom stereocenters. The number of piperidine rings is 1. The van der Waals surface area contributed by atoms with Gasteiger partial charge in [0.15, 0.2) is 0 Å². The molecular formula is C17H26N2O3. The molecule has 0 aliphatic carbocycles. The topological polar surface area (TPSA) is 59.6 Å². The number of ether oxygens (including phenoxy) is 2. The monoisotopic (exact) mass is 306 g/mol. The SMILES string of the molecule is COc1cc(C(=O)NCC2(C)CCCNC2)cc(OC)c1C. The second-order valence-corrected chi connectivity index (χ2v) is 6.28. The summed E-state index contributed by atoms with van der Waals surface area (Å²) in [5, 5.41) is 6.43. The number of hydrogen-bond donors (Lipinski definition) is 2. The number of amides is 1. The van der Waals surface area contributed by atoms with Crippen LogP contribution in [-0.4, -0.2) is 39.8 Å². The second kappa shape index (κ2) is 7.01. The van der Waals surface area contributed by atoms with Crippen molar-refractivity contribution >= 4 is 5.91 Å². The zero-order valence-corrected chi connectivity index (χ0v) is 13.9. The molecule has 1 fully saturated rings. The predicted octanol–water partition coefficient (Wildman–Crippen LogP) is 2.13. The van der Waals surface area contributed by atoms with Gasteiger partial charge in [-0.25, -0.2) is 0 Å². The van der Waals surface area contributed by atoms with Crippen molar-refractivity contribution in [3.63, 3.8) is 0 Å². The Morgan fingerprint density at radius 2 is 1.95 bits per heavy atom. The molecule has 2 N–H and O–H groups in total. The van der Waals surface area contributed by atoms with E-state index in [2.05, 4.69) is 17.6 Å². The van der Waals surface area contributed by atoms with E-state index in [9.17, 15) is 4.79 Å². The molecule has 1 aromatic rings. The molecule has 1 aromatic carbocycles. The lowest BCUT2D eigenvalue weighted by Crippen LogP contribution is -2.45. The highest BCUT2D eigenvalue weighted by molar-refractivity contribution is 5.95. The number of methoxy groups -OCH3 is 2. The first-order chi connectivity index (χ1) is 10.5. The molecule has 1 aliphatic rings. The first-order valence-corrected chi connectivity index (χ1v) is 7.70. The maximum atomic E-state index is 12.4. The normalized spacial score (nSPS) is 21.3. The molecule has 5 heteroatoms. The highest BCUT2D eigenvalue weighted by Gasteiger charge is 2.27. The van der Waals surface area contributed by atoms with Crippen molar-refractivity contribution in [1.29, 1.82) is 0 Å². The zero-order chi connectivity index (χ0) is 16.2. The average molecular weight is 306 g/mol. The van der Waals surface area contributed by atoms with E-state index in [4.69, 9.17) is 9.47 Å². The lowest BCUT2D eigenvalue weighted by atomic mass is 9.83. The van der Waals surface area contributed by atoms with E-state index in [0.29, 0.717) is 23.6 Å². The van der Waals surface area contributed by atoms with Crippen LogP contribution in [0.2, 0.25) is 0 Å². The molecule has 0 radical (unpaired) electrons. The van der Waals surface area contributed by atoms with E-state index in [0.717, 1.165) is 31.5 Å². The molecule has 1 amide bonds. The van der Waals surface area contributed by atoms with Crippen molar-refractivity contribution < 1.29 is 14.3 Å². The van der Waals surface area contributed by atoms with E-state index in [1.165, 1.54) is 0 Å². The Morgan fingerprint density at radius 3 is 2.45 bits per heavy atom. The maximum Gasteiger partial charge on any atom is 0.251 e. The Hall–Kier alpha value is -1.75. The molecule has 122 valence electrons. The summed E-state index contributed by atoms with van der Waals surface area (Å²) in [4.78, 5) is 12.4. The number of carbonyl (C=O) groups is 1. The predicted molar refractivity (Wildman–Crippen MR) is 86.8 cm³/mol. The number of nitrogens with one attached hydrogen (secondary N) is 2. The van der Waals surface area contributed by atoms with E-state index in [1.54, 1.807) is 26.4 Å². The van der Waals surface area contributed by atoms with Gasteiger partial charge < -0.3 is 20.1 Å². The summed E-state index contributed by atoms with van der Waals surface area (Å²) in [7, 11) is 3.19. The molecule has 1 heterocycles. The summed E-state index contributed by atoms with van der Waals surface area (Å²) in [5.41, 5.74) is 1.57. The van der Waals surface area contributed by atoms with Crippen molar-refractivity contribution in [1.82, 2.24) is 10.6 Å². The lowest BCUT2D eigenvalue weighted by Gasteiger charge is -2.34. The van der Waals surface area contributed by atoms with Gasteiger partial charge in [0.25, 0.3) is 5.91 Å². The van der Waals surface area contributed by atoms with Crippen molar-refractivity contribution in [2.45, 2.75) is 26.7 Å². The first kappa shape index (κ1) is 16.6. The van der Waals surface area contributed by atoms with Crippen LogP contribution in [0, 0.1) is 12.3 Å². The van der Waals surface area contributed by atoms with Crippen LogP contribution in [0.1, 0.15) is 35.7 Å². The number of rotatable bonds is 5. The number of benzene rings is 1. The van der Waals surface area contributed by atoms with Gasteiger partial charge in [0.05, 0.1) is 14.2 Å². The lowest BCUT2D eigenvalue weighted by molar-refractivity contribution is 0.0924. The molecule has 0 saturated carbocycles. The third kappa shape index (κ3) is 3.71. The van der Waals surface area contributed by atoms with E-state index in [1.807, 2.05) is 6.92 Å². The Kier molecular flexibility index (Phi) is 5.29. The smallest absolute Gasteiger partial charge is 0.251 e. The minimum absolute atomic E-state index is 0.0941. The summed E-state index contributed by atoms with van der Waals surface area (Å²) < 4.78 is 10.6. The summed E-state index contributed by atoms with van der Waals surface area (Å²) in [5.74, 6) is 1.23. The third-order valence-electron chi connectivity index (χ3n) is 4.38. The van der Waals surface area contributed by atoms with E-state index >= 15 is 0 Å². The standard InChI is InChI=1S/C17H26N2O3/c1-12-14(21-3)8-13(9-15(12)22-4)16(20)19-11-17(2)6-5-7-18-10-17/h8-9,18H,5-7,10-11H2,1-4H3,(H,19,20). The molecule has 0 spiro atoms. The molecular weight excluding hydrogens is 280 g/mol. The number of carbonyl (C=O) groups excluding carboxylic acids is 1. The van der Waals surface area contributed by atoms with Gasteiger partial charge in [0, 0.05) is 24.2 Å². The Balaban J connectivity index is 2.09. The highest BCUT2D eigenvalue weighted by Crippen LogP contribution is 2.30. The summed E-state index contributed by atoms with van der Waals surface area (Å²) in [6.07, 6.45) is 2.28. The van der Waals surface area contributed by atoms with Crippen LogP contribution in [0.4, 0.5) is 0 Å². The minimum Gasteiger partial charge on any atom is -0.496 e. The van der Waals surface area contributed by atoms with Gasteiger partial charge >= 0.3 is 0 Å². The zero-order valence-electron chi connectivity index (χ0n) is 13.9. The molecule has 1 aliphatic heterocycles. The van der Waals surface area contributed by atoms with Crippen LogP contribution in [0.5, 0.6) is 11.5 Å². The summed E-state index contributed by atoms with van der Waals surface area (Å²) in [6, 6.07) is 3.52. The van der Waals surface area contributed by atoms with Crippen LogP contribution in [0.3, 0.4) is 0 Å². The Labute approximate surface area is 132 Å². The fraction of sp³-hybridized carbons (Fsp3) is 0.588. The summed E-state index contributed by atoms with van der Waals surface area (Å²) in [6.45, 7) is 6.78. The molecule has 5 nitrogen and oxygen atoms in total.